The van der Waals surface area contributed by atoms with Gasteiger partial charge in [-0.25, -0.2) is 4.98 Å². The molecule has 0 N–H and O–H groups in total. The van der Waals surface area contributed by atoms with Crippen molar-refractivity contribution >= 4 is 0 Å². The maximum Gasteiger partial charge on any atom is 0.418 e. The minimum absolute atomic E-state index is 0.0931. The van der Waals surface area contributed by atoms with Crippen molar-refractivity contribution in [2.45, 2.75) is 13.1 Å². The van der Waals surface area contributed by atoms with Crippen LogP contribution in [0.5, 0.6) is 0 Å². The van der Waals surface area contributed by atoms with Crippen LogP contribution in [0.25, 0.3) is 5.69 Å². The van der Waals surface area contributed by atoms with E-state index < -0.39 is 11.7 Å². The zero-order valence-electron chi connectivity index (χ0n) is 8.49. The summed E-state index contributed by atoms with van der Waals surface area (Å²) in [6.07, 6.45) is -0.0779. The number of benzene rings is 1. The van der Waals surface area contributed by atoms with E-state index in [-0.39, 0.29) is 5.69 Å². The van der Waals surface area contributed by atoms with Gasteiger partial charge in [0.25, 0.3) is 0 Å². The normalized spacial score (nSPS) is 11.8. The second-order valence-electron chi connectivity index (χ2n) is 3.49. The lowest BCUT2D eigenvalue weighted by molar-refractivity contribution is -0.137. The van der Waals surface area contributed by atoms with Crippen LogP contribution in [0.3, 0.4) is 0 Å². The van der Waals surface area contributed by atoms with Crippen LogP contribution in [0, 0.1) is 6.92 Å². The highest BCUT2D eigenvalue weighted by atomic mass is 19.4. The molecule has 1 aromatic carbocycles. The van der Waals surface area contributed by atoms with Crippen LogP contribution in [0.15, 0.2) is 36.9 Å². The molecule has 84 valence electrons. The molecule has 0 unspecified atom stereocenters. The molecule has 1 heterocycles. The molecule has 0 saturated carbocycles. The fourth-order valence-corrected chi connectivity index (χ4v) is 1.50. The van der Waals surface area contributed by atoms with Crippen LogP contribution in [-0.4, -0.2) is 9.55 Å². The van der Waals surface area contributed by atoms with Crippen LogP contribution in [0.2, 0.25) is 0 Å². The number of aryl methyl sites for hydroxylation is 1. The Kier molecular flexibility index (Phi) is 2.46. The molecule has 0 spiro atoms. The third kappa shape index (κ3) is 1.93. The van der Waals surface area contributed by atoms with Crippen molar-refractivity contribution in [2.75, 3.05) is 0 Å². The van der Waals surface area contributed by atoms with Gasteiger partial charge >= 0.3 is 6.18 Å². The highest BCUT2D eigenvalue weighted by Gasteiger charge is 2.33. The van der Waals surface area contributed by atoms with Gasteiger partial charge in [-0.2, -0.15) is 13.2 Å². The number of nitrogens with zero attached hydrogens (tertiary/aromatic N) is 2. The first-order chi connectivity index (χ1) is 7.48. The molecule has 0 aliphatic rings. The predicted octanol–water partition coefficient (Wildman–Crippen LogP) is 3.20. The Morgan fingerprint density at radius 1 is 1.25 bits per heavy atom. The average molecular weight is 226 g/mol. The zero-order valence-corrected chi connectivity index (χ0v) is 8.49. The van der Waals surface area contributed by atoms with E-state index in [1.165, 1.54) is 29.4 Å². The van der Waals surface area contributed by atoms with E-state index in [0.29, 0.717) is 5.56 Å². The first kappa shape index (κ1) is 10.7. The van der Waals surface area contributed by atoms with Crippen molar-refractivity contribution in [1.29, 1.82) is 0 Å². The van der Waals surface area contributed by atoms with Crippen LogP contribution in [0.4, 0.5) is 13.2 Å². The molecule has 2 rings (SSSR count). The maximum absolute atomic E-state index is 12.8. The van der Waals surface area contributed by atoms with E-state index in [0.717, 1.165) is 6.07 Å². The van der Waals surface area contributed by atoms with Gasteiger partial charge in [-0.3, -0.25) is 0 Å². The van der Waals surface area contributed by atoms with E-state index in [2.05, 4.69) is 4.98 Å². The van der Waals surface area contributed by atoms with Crippen LogP contribution >= 0.6 is 0 Å². The average Bonchev–Trinajstić information content (AvgIpc) is 2.69. The van der Waals surface area contributed by atoms with E-state index in [1.807, 2.05) is 0 Å². The van der Waals surface area contributed by atoms with Gasteiger partial charge in [0.15, 0.2) is 0 Å². The molecule has 16 heavy (non-hydrogen) atoms. The number of alkyl halides is 3. The predicted molar refractivity (Wildman–Crippen MR) is 53.3 cm³/mol. The SMILES string of the molecule is Cc1ccc(-n2ccnc2)c(C(F)(F)F)c1. The van der Waals surface area contributed by atoms with Crippen molar-refractivity contribution in [1.82, 2.24) is 9.55 Å². The zero-order chi connectivity index (χ0) is 11.8. The summed E-state index contributed by atoms with van der Waals surface area (Å²) in [7, 11) is 0. The standard InChI is InChI=1S/C11H9F3N2/c1-8-2-3-10(16-5-4-15-7-16)9(6-8)11(12,13)14/h2-7H,1H3. The molecule has 0 fully saturated rings. The molecule has 0 amide bonds. The molecule has 0 saturated heterocycles. The largest absolute Gasteiger partial charge is 0.418 e. The number of aromatic nitrogens is 2. The van der Waals surface area contributed by atoms with Gasteiger partial charge in [0.1, 0.15) is 0 Å². The molecular formula is C11H9F3N2. The van der Waals surface area contributed by atoms with Gasteiger partial charge in [-0.1, -0.05) is 11.6 Å². The van der Waals surface area contributed by atoms with E-state index in [1.54, 1.807) is 13.0 Å². The van der Waals surface area contributed by atoms with Gasteiger partial charge in [-0.15, -0.1) is 0 Å². The third-order valence-electron chi connectivity index (χ3n) is 2.24. The summed E-state index contributed by atoms with van der Waals surface area (Å²) in [5.74, 6) is 0. The van der Waals surface area contributed by atoms with E-state index in [4.69, 9.17) is 0 Å². The Morgan fingerprint density at radius 2 is 2.00 bits per heavy atom. The van der Waals surface area contributed by atoms with Gasteiger partial charge in [0.2, 0.25) is 0 Å². The Labute approximate surface area is 90.4 Å². The quantitative estimate of drug-likeness (QED) is 0.730. The lowest BCUT2D eigenvalue weighted by Crippen LogP contribution is -2.10. The molecular weight excluding hydrogens is 217 g/mol. The third-order valence-corrected chi connectivity index (χ3v) is 2.24. The van der Waals surface area contributed by atoms with E-state index >= 15 is 0 Å². The maximum atomic E-state index is 12.8. The van der Waals surface area contributed by atoms with Gasteiger partial charge in [0.05, 0.1) is 17.6 Å². The molecule has 0 radical (unpaired) electrons. The fourth-order valence-electron chi connectivity index (χ4n) is 1.50. The summed E-state index contributed by atoms with van der Waals surface area (Å²) in [6.45, 7) is 1.63. The van der Waals surface area contributed by atoms with Crippen LogP contribution in [0.1, 0.15) is 11.1 Å². The minimum atomic E-state index is -4.36. The van der Waals surface area contributed by atoms with Crippen molar-refractivity contribution in [3.05, 3.63) is 48.0 Å². The molecule has 5 heteroatoms. The molecule has 2 nitrogen and oxygen atoms in total. The Hall–Kier alpha value is -1.78. The highest BCUT2D eigenvalue weighted by Crippen LogP contribution is 2.34. The van der Waals surface area contributed by atoms with Gasteiger partial charge in [0, 0.05) is 12.4 Å². The highest BCUT2D eigenvalue weighted by molar-refractivity contribution is 5.45. The summed E-state index contributed by atoms with van der Waals surface area (Å²) in [5.41, 5.74) is 0.0253. The molecule has 0 bridgehead atoms. The minimum Gasteiger partial charge on any atom is -0.306 e. The second-order valence-corrected chi connectivity index (χ2v) is 3.49. The summed E-state index contributed by atoms with van der Waals surface area (Å²) in [6, 6.07) is 4.22. The number of rotatable bonds is 1. The summed E-state index contributed by atoms with van der Waals surface area (Å²) >= 11 is 0. The Bertz CT molecular complexity index is 486. The first-order valence-electron chi connectivity index (χ1n) is 4.64. The summed E-state index contributed by atoms with van der Waals surface area (Å²) in [5, 5.41) is 0. The molecule has 0 atom stereocenters. The first-order valence-corrected chi connectivity index (χ1v) is 4.64. The van der Waals surface area contributed by atoms with Crippen molar-refractivity contribution < 1.29 is 13.2 Å². The fraction of sp³-hybridized carbons (Fsp3) is 0.182. The monoisotopic (exact) mass is 226 g/mol. The van der Waals surface area contributed by atoms with Gasteiger partial charge in [-0.05, 0) is 19.1 Å². The van der Waals surface area contributed by atoms with Crippen molar-refractivity contribution in [3.63, 3.8) is 0 Å². The van der Waals surface area contributed by atoms with E-state index in [9.17, 15) is 13.2 Å². The topological polar surface area (TPSA) is 17.8 Å². The summed E-state index contributed by atoms with van der Waals surface area (Å²) in [4.78, 5) is 3.74. The molecule has 1 aromatic heterocycles. The number of hydrogen-bond acceptors (Lipinski definition) is 1. The Balaban J connectivity index is 2.62. The molecule has 0 aliphatic heterocycles. The number of imidazole rings is 1. The van der Waals surface area contributed by atoms with Crippen LogP contribution in [-0.2, 0) is 6.18 Å². The molecule has 0 aliphatic carbocycles. The Morgan fingerprint density at radius 3 is 2.56 bits per heavy atom. The van der Waals surface area contributed by atoms with Gasteiger partial charge < -0.3 is 4.57 Å². The second kappa shape index (κ2) is 3.66. The number of halogens is 3. The number of hydrogen-bond donors (Lipinski definition) is 0. The lowest BCUT2D eigenvalue weighted by atomic mass is 10.1. The smallest absolute Gasteiger partial charge is 0.306 e. The van der Waals surface area contributed by atoms with Crippen molar-refractivity contribution in [2.24, 2.45) is 0 Å². The lowest BCUT2D eigenvalue weighted by Gasteiger charge is -2.13. The summed E-state index contributed by atoms with van der Waals surface area (Å²) < 4.78 is 39.7. The van der Waals surface area contributed by atoms with Crippen LogP contribution < -0.4 is 0 Å². The van der Waals surface area contributed by atoms with Crippen molar-refractivity contribution in [3.8, 4) is 5.69 Å². The molecule has 2 aromatic rings.